The van der Waals surface area contributed by atoms with Gasteiger partial charge in [-0.15, -0.1) is 0 Å². The van der Waals surface area contributed by atoms with Gasteiger partial charge in [0.1, 0.15) is 17.0 Å². The fraction of sp³-hybridized carbons (Fsp3) is 0.344. The number of nitrogens with zero attached hydrogens (tertiary/aromatic N) is 3. The lowest BCUT2D eigenvalue weighted by Gasteiger charge is -2.40. The van der Waals surface area contributed by atoms with Gasteiger partial charge in [-0.25, -0.2) is 14.2 Å². The normalized spacial score (nSPS) is 26.0. The van der Waals surface area contributed by atoms with Crippen molar-refractivity contribution in [2.45, 2.75) is 49.6 Å². The Kier molecular flexibility index (Phi) is 5.62. The molecule has 4 heterocycles. The molecule has 0 radical (unpaired) electrons. The predicted molar refractivity (Wildman–Crippen MR) is 157 cm³/mol. The lowest BCUT2D eigenvalue weighted by Crippen LogP contribution is -2.53. The van der Waals surface area contributed by atoms with Crippen molar-refractivity contribution in [3.8, 4) is 0 Å². The molecule has 4 aromatic rings. The molecule has 2 aromatic heterocycles. The van der Waals surface area contributed by atoms with Gasteiger partial charge in [-0.05, 0) is 61.1 Å². The van der Waals surface area contributed by atoms with Gasteiger partial charge in [0.2, 0.25) is 5.91 Å². The molecular formula is C32H27Cl2FN4O3. The van der Waals surface area contributed by atoms with Crippen molar-refractivity contribution in [2.75, 3.05) is 19.0 Å². The van der Waals surface area contributed by atoms with Crippen LogP contribution in [-0.4, -0.2) is 45.9 Å². The van der Waals surface area contributed by atoms with Crippen LogP contribution in [0, 0.1) is 18.7 Å². The summed E-state index contributed by atoms with van der Waals surface area (Å²) in [6, 6.07) is 12.1. The number of hydrogen-bond acceptors (Lipinski definition) is 5. The number of esters is 1. The van der Waals surface area contributed by atoms with Gasteiger partial charge in [0.15, 0.2) is 0 Å². The quantitative estimate of drug-likeness (QED) is 0.279. The number of aryl methyl sites for hydroxylation is 1. The third-order valence-electron chi connectivity index (χ3n) is 9.74. The van der Waals surface area contributed by atoms with E-state index >= 15 is 4.39 Å². The minimum atomic E-state index is -1.18. The van der Waals surface area contributed by atoms with E-state index in [1.807, 2.05) is 23.6 Å². The number of fused-ring (bicyclic) bond motifs is 7. The number of aromatic nitrogens is 2. The molecule has 1 saturated carbocycles. The molecule has 1 spiro atoms. The van der Waals surface area contributed by atoms with Crippen molar-refractivity contribution in [1.29, 1.82) is 0 Å². The van der Waals surface area contributed by atoms with E-state index in [0.717, 1.165) is 35.4 Å². The molecule has 0 bridgehead atoms. The second-order valence-corrected chi connectivity index (χ2v) is 12.8. The second kappa shape index (κ2) is 9.02. The van der Waals surface area contributed by atoms with Crippen molar-refractivity contribution < 1.29 is 18.7 Å². The van der Waals surface area contributed by atoms with Crippen LogP contribution >= 0.6 is 23.2 Å². The third kappa shape index (κ3) is 3.40. The number of benzene rings is 2. The summed E-state index contributed by atoms with van der Waals surface area (Å²) < 4.78 is 23.2. The van der Waals surface area contributed by atoms with E-state index in [9.17, 15) is 9.59 Å². The molecule has 2 aliphatic carbocycles. The summed E-state index contributed by atoms with van der Waals surface area (Å²) in [5.41, 5.74) is 4.33. The Hall–Kier alpha value is -3.46. The van der Waals surface area contributed by atoms with Crippen LogP contribution in [-0.2, 0) is 21.5 Å². The molecule has 4 atom stereocenters. The number of carbonyl (C=O) groups excluding carboxylic acids is 2. The van der Waals surface area contributed by atoms with Gasteiger partial charge in [0, 0.05) is 59.0 Å². The van der Waals surface area contributed by atoms with E-state index in [1.54, 1.807) is 30.3 Å². The number of ether oxygens (including phenoxy) is 1. The summed E-state index contributed by atoms with van der Waals surface area (Å²) >= 11 is 12.8. The van der Waals surface area contributed by atoms with Gasteiger partial charge in [-0.2, -0.15) is 0 Å². The molecule has 7 nitrogen and oxygen atoms in total. The number of imidazole rings is 1. The van der Waals surface area contributed by atoms with Crippen molar-refractivity contribution in [1.82, 2.24) is 14.3 Å². The standard InChI is InChI=1S/C32H27Cl2FN4O3/c1-15-13-38-24-12-23-26(29(24)37-25(38)11-19(15)30(40)42-2)27(18-4-3-5-21(34)28(18)35)32(39(23)14-16-6-7-16)20-9-8-17(33)10-22(20)36-31(32)41/h3-5,8-11,13,16,23,26-27H,6-7,12,14H2,1-2H3,(H,36,41)/t23?,26-,27+,32-/m1/s1. The minimum absolute atomic E-state index is 0.0149. The zero-order valence-electron chi connectivity index (χ0n) is 23.0. The van der Waals surface area contributed by atoms with Gasteiger partial charge in [-0.1, -0.05) is 41.4 Å². The average Bonchev–Trinajstić information content (AvgIpc) is 3.43. The molecule has 2 aliphatic heterocycles. The molecule has 10 heteroatoms. The van der Waals surface area contributed by atoms with Gasteiger partial charge in [0.05, 0.1) is 23.4 Å². The molecule has 42 heavy (non-hydrogen) atoms. The highest BCUT2D eigenvalue weighted by atomic mass is 35.5. The van der Waals surface area contributed by atoms with Crippen molar-refractivity contribution in [3.63, 3.8) is 0 Å². The Bertz CT molecular complexity index is 1850. The molecule has 2 aromatic carbocycles. The van der Waals surface area contributed by atoms with Crippen LogP contribution in [0.2, 0.25) is 10.0 Å². The summed E-state index contributed by atoms with van der Waals surface area (Å²) in [7, 11) is 1.36. The van der Waals surface area contributed by atoms with Crippen LogP contribution in [0.1, 0.15) is 63.1 Å². The van der Waals surface area contributed by atoms with Gasteiger partial charge in [-0.3, -0.25) is 9.69 Å². The van der Waals surface area contributed by atoms with Gasteiger partial charge >= 0.3 is 5.97 Å². The number of amides is 1. The topological polar surface area (TPSA) is 75.9 Å². The zero-order valence-corrected chi connectivity index (χ0v) is 24.5. The Morgan fingerprint density at radius 2 is 2.02 bits per heavy atom. The molecular weight excluding hydrogens is 578 g/mol. The molecule has 1 unspecified atom stereocenters. The molecule has 1 amide bonds. The van der Waals surface area contributed by atoms with Crippen LogP contribution in [0.3, 0.4) is 0 Å². The van der Waals surface area contributed by atoms with Gasteiger partial charge in [0.25, 0.3) is 0 Å². The SMILES string of the molecule is COC(=O)c1cc2nc3c(n2cc1C)CC1[C@@H]3[C@H](c2cccc(Cl)c2F)[C@]2(C(=O)Nc3cc(Cl)ccc32)N1CC1CC1. The van der Waals surface area contributed by atoms with E-state index in [4.69, 9.17) is 32.9 Å². The minimum Gasteiger partial charge on any atom is -0.465 e. The van der Waals surface area contributed by atoms with Gasteiger partial charge < -0.3 is 14.5 Å². The smallest absolute Gasteiger partial charge is 0.338 e. The Labute approximate surface area is 251 Å². The lowest BCUT2D eigenvalue weighted by atomic mass is 9.71. The summed E-state index contributed by atoms with van der Waals surface area (Å²) in [6.45, 7) is 2.59. The summed E-state index contributed by atoms with van der Waals surface area (Å²) in [6.07, 6.45) is 4.74. The largest absolute Gasteiger partial charge is 0.465 e. The summed E-state index contributed by atoms with van der Waals surface area (Å²) in [4.78, 5) is 34.3. The molecule has 2 fully saturated rings. The summed E-state index contributed by atoms with van der Waals surface area (Å²) in [5.74, 6) is -1.59. The maximum absolute atomic E-state index is 16.2. The number of hydrogen-bond donors (Lipinski definition) is 1. The molecule has 1 saturated heterocycles. The van der Waals surface area contributed by atoms with Crippen LogP contribution in [0.5, 0.6) is 0 Å². The second-order valence-electron chi connectivity index (χ2n) is 12.0. The third-order valence-corrected chi connectivity index (χ3v) is 10.3. The molecule has 214 valence electrons. The maximum atomic E-state index is 16.2. The monoisotopic (exact) mass is 604 g/mol. The first-order chi connectivity index (χ1) is 20.2. The number of anilines is 1. The highest BCUT2D eigenvalue weighted by molar-refractivity contribution is 6.31. The van der Waals surface area contributed by atoms with Crippen LogP contribution in [0.15, 0.2) is 48.7 Å². The average molecular weight is 605 g/mol. The first-order valence-corrected chi connectivity index (χ1v) is 14.9. The first-order valence-electron chi connectivity index (χ1n) is 14.2. The van der Waals surface area contributed by atoms with Crippen molar-refractivity contribution in [2.24, 2.45) is 5.92 Å². The Morgan fingerprint density at radius 1 is 1.21 bits per heavy atom. The Balaban J connectivity index is 1.41. The van der Waals surface area contributed by atoms with Crippen molar-refractivity contribution >= 4 is 46.4 Å². The number of carbonyl (C=O) groups is 2. The highest BCUT2D eigenvalue weighted by Gasteiger charge is 2.69. The van der Waals surface area contributed by atoms with E-state index in [1.165, 1.54) is 13.2 Å². The molecule has 8 rings (SSSR count). The van der Waals surface area contributed by atoms with E-state index in [0.29, 0.717) is 46.4 Å². The van der Waals surface area contributed by atoms with Crippen molar-refractivity contribution in [3.05, 3.63) is 98.2 Å². The predicted octanol–water partition coefficient (Wildman–Crippen LogP) is 6.24. The van der Waals surface area contributed by atoms with Crippen LogP contribution in [0.25, 0.3) is 5.65 Å². The van der Waals surface area contributed by atoms with E-state index < -0.39 is 23.2 Å². The Morgan fingerprint density at radius 3 is 2.79 bits per heavy atom. The fourth-order valence-corrected chi connectivity index (χ4v) is 8.22. The zero-order chi connectivity index (χ0) is 29.1. The summed E-state index contributed by atoms with van der Waals surface area (Å²) in [5, 5.41) is 3.64. The van der Waals surface area contributed by atoms with E-state index in [2.05, 4.69) is 10.2 Å². The maximum Gasteiger partial charge on any atom is 0.338 e. The number of likely N-dealkylation sites (tertiary alicyclic amines) is 1. The highest BCUT2D eigenvalue weighted by Crippen LogP contribution is 2.65. The lowest BCUT2D eigenvalue weighted by molar-refractivity contribution is -0.128. The number of nitrogens with one attached hydrogen (secondary N) is 1. The van der Waals surface area contributed by atoms with E-state index in [-0.39, 0.29) is 22.9 Å². The fourth-order valence-electron chi connectivity index (χ4n) is 7.87. The van der Waals surface area contributed by atoms with Crippen LogP contribution in [0.4, 0.5) is 10.1 Å². The number of methoxy groups -OCH3 is 1. The number of rotatable bonds is 4. The first kappa shape index (κ1) is 26.2. The number of halogens is 3. The number of pyridine rings is 1. The molecule has 4 aliphatic rings. The molecule has 1 N–H and O–H groups in total. The van der Waals surface area contributed by atoms with Crippen LogP contribution < -0.4 is 5.32 Å².